The number of halogens is 3. The number of rotatable bonds is 1. The number of alkyl halides is 3. The van der Waals surface area contributed by atoms with E-state index < -0.39 is 11.7 Å². The smallest absolute Gasteiger partial charge is 0.367 e. The molecule has 0 spiro atoms. The van der Waals surface area contributed by atoms with Gasteiger partial charge in [-0.3, -0.25) is 0 Å². The molecule has 0 radical (unpaired) electrons. The van der Waals surface area contributed by atoms with Crippen LogP contribution in [-0.2, 0) is 6.18 Å². The Kier molecular flexibility index (Phi) is 3.52. The van der Waals surface area contributed by atoms with Gasteiger partial charge in [-0.2, -0.15) is 18.4 Å². The lowest BCUT2D eigenvalue weighted by Crippen LogP contribution is -2.28. The number of nitriles is 1. The van der Waals surface area contributed by atoms with Crippen LogP contribution in [0.25, 0.3) is 0 Å². The minimum absolute atomic E-state index is 0.333. The second-order valence-corrected chi connectivity index (χ2v) is 4.59. The summed E-state index contributed by atoms with van der Waals surface area (Å²) in [6.07, 6.45) is -1.64. The van der Waals surface area contributed by atoms with Gasteiger partial charge >= 0.3 is 6.18 Å². The quantitative estimate of drug-likeness (QED) is 0.724. The Bertz CT molecular complexity index is 553. The third kappa shape index (κ3) is 2.90. The molecule has 0 unspecified atom stereocenters. The van der Waals surface area contributed by atoms with Crippen LogP contribution in [0.5, 0.6) is 0 Å². The molecule has 0 saturated heterocycles. The fraction of sp³-hybridized carbons (Fsp3) is 0.357. The highest BCUT2D eigenvalue weighted by atomic mass is 19.4. The molecule has 1 aliphatic heterocycles. The van der Waals surface area contributed by atoms with Crippen molar-refractivity contribution in [1.82, 2.24) is 0 Å². The predicted octanol–water partition coefficient (Wildman–Crippen LogP) is 3.73. The van der Waals surface area contributed by atoms with E-state index >= 15 is 0 Å². The second-order valence-electron chi connectivity index (χ2n) is 4.59. The molecule has 1 aromatic rings. The van der Waals surface area contributed by atoms with Gasteiger partial charge in [0.15, 0.2) is 0 Å². The number of hydrogen-bond donors (Lipinski definition) is 0. The maximum atomic E-state index is 12.9. The van der Waals surface area contributed by atoms with E-state index in [-0.39, 0.29) is 5.56 Å². The van der Waals surface area contributed by atoms with E-state index in [0.717, 1.165) is 12.5 Å². The zero-order valence-electron chi connectivity index (χ0n) is 10.5. The lowest BCUT2D eigenvalue weighted by molar-refractivity contribution is -0.137. The lowest BCUT2D eigenvalue weighted by Gasteiger charge is -2.28. The summed E-state index contributed by atoms with van der Waals surface area (Å²) < 4.78 is 38.6. The van der Waals surface area contributed by atoms with Gasteiger partial charge in [0, 0.05) is 18.8 Å². The Morgan fingerprint density at radius 1 is 1.32 bits per heavy atom. The summed E-state index contributed by atoms with van der Waals surface area (Å²) in [5.41, 5.74) is 0.565. The predicted molar refractivity (Wildman–Crippen MR) is 66.7 cm³/mol. The van der Waals surface area contributed by atoms with Crippen molar-refractivity contribution < 1.29 is 13.2 Å². The van der Waals surface area contributed by atoms with Crippen LogP contribution in [0.4, 0.5) is 18.9 Å². The van der Waals surface area contributed by atoms with Crippen molar-refractivity contribution in [3.8, 4) is 6.07 Å². The first kappa shape index (κ1) is 13.5. The highest BCUT2D eigenvalue weighted by Gasteiger charge is 2.34. The Morgan fingerprint density at radius 2 is 2.05 bits per heavy atom. The third-order valence-electron chi connectivity index (χ3n) is 3.23. The van der Waals surface area contributed by atoms with Gasteiger partial charge in [0.2, 0.25) is 0 Å². The Labute approximate surface area is 109 Å². The van der Waals surface area contributed by atoms with E-state index in [4.69, 9.17) is 5.26 Å². The molecule has 0 aromatic heterocycles. The van der Waals surface area contributed by atoms with Crippen LogP contribution >= 0.6 is 0 Å². The number of benzene rings is 1. The Hall–Kier alpha value is -1.96. The van der Waals surface area contributed by atoms with Gasteiger partial charge in [0.25, 0.3) is 0 Å². The molecule has 5 heteroatoms. The van der Waals surface area contributed by atoms with Crippen LogP contribution in [0.2, 0.25) is 0 Å². The molecule has 19 heavy (non-hydrogen) atoms. The molecule has 0 atom stereocenters. The summed E-state index contributed by atoms with van der Waals surface area (Å²) in [5, 5.41) is 8.74. The SMILES string of the molecule is CC1=CCN(c2ccc(C#N)c(C(F)(F)F)c2)CC1. The molecule has 0 N–H and O–H groups in total. The normalized spacial score (nSPS) is 15.9. The average Bonchev–Trinajstić information content (AvgIpc) is 2.38. The average molecular weight is 266 g/mol. The first-order valence-corrected chi connectivity index (χ1v) is 5.94. The topological polar surface area (TPSA) is 27.0 Å². The van der Waals surface area contributed by atoms with E-state index in [9.17, 15) is 13.2 Å². The van der Waals surface area contributed by atoms with Crippen molar-refractivity contribution in [2.45, 2.75) is 19.5 Å². The molecule has 1 aromatic carbocycles. The van der Waals surface area contributed by atoms with Crippen LogP contribution in [-0.4, -0.2) is 13.1 Å². The van der Waals surface area contributed by atoms with Crippen LogP contribution in [0.1, 0.15) is 24.5 Å². The van der Waals surface area contributed by atoms with Crippen molar-refractivity contribution in [2.24, 2.45) is 0 Å². The second kappa shape index (κ2) is 4.96. The summed E-state index contributed by atoms with van der Waals surface area (Å²) in [5.74, 6) is 0. The van der Waals surface area contributed by atoms with Gasteiger partial charge in [0.1, 0.15) is 0 Å². The summed E-state index contributed by atoms with van der Waals surface area (Å²) >= 11 is 0. The van der Waals surface area contributed by atoms with Crippen molar-refractivity contribution >= 4 is 5.69 Å². The van der Waals surface area contributed by atoms with Gasteiger partial charge in [-0.15, -0.1) is 0 Å². The minimum atomic E-state index is -4.50. The maximum absolute atomic E-state index is 12.9. The molecule has 0 fully saturated rings. The summed E-state index contributed by atoms with van der Waals surface area (Å²) in [7, 11) is 0. The summed E-state index contributed by atoms with van der Waals surface area (Å²) in [4.78, 5) is 1.88. The van der Waals surface area contributed by atoms with Crippen LogP contribution in [0.15, 0.2) is 29.8 Å². The lowest BCUT2D eigenvalue weighted by atomic mass is 10.0. The molecule has 1 aliphatic rings. The van der Waals surface area contributed by atoms with Gasteiger partial charge in [-0.1, -0.05) is 11.6 Å². The largest absolute Gasteiger partial charge is 0.417 e. The first-order chi connectivity index (χ1) is 8.91. The number of anilines is 1. The standard InChI is InChI=1S/C14H13F3N2/c1-10-4-6-19(7-5-10)12-3-2-11(9-18)13(8-12)14(15,16)17/h2-4,8H,5-7H2,1H3. The molecular weight excluding hydrogens is 253 g/mol. The van der Waals surface area contributed by atoms with E-state index in [1.165, 1.54) is 11.6 Å². The fourth-order valence-electron chi connectivity index (χ4n) is 2.07. The fourth-order valence-corrected chi connectivity index (χ4v) is 2.07. The van der Waals surface area contributed by atoms with Crippen molar-refractivity contribution in [3.05, 3.63) is 41.0 Å². The Morgan fingerprint density at radius 3 is 2.58 bits per heavy atom. The van der Waals surface area contributed by atoms with Gasteiger partial charge in [-0.25, -0.2) is 0 Å². The van der Waals surface area contributed by atoms with E-state index in [1.807, 2.05) is 17.9 Å². The maximum Gasteiger partial charge on any atom is 0.417 e. The molecule has 1 heterocycles. The summed E-state index contributed by atoms with van der Waals surface area (Å²) in [6.45, 7) is 3.32. The molecule has 2 nitrogen and oxygen atoms in total. The summed E-state index contributed by atoms with van der Waals surface area (Å²) in [6, 6.07) is 5.46. The molecular formula is C14H13F3N2. The van der Waals surface area contributed by atoms with E-state index in [1.54, 1.807) is 12.1 Å². The van der Waals surface area contributed by atoms with Crippen LogP contribution in [0.3, 0.4) is 0 Å². The van der Waals surface area contributed by atoms with Gasteiger partial charge in [0.05, 0.1) is 17.2 Å². The van der Waals surface area contributed by atoms with Gasteiger partial charge < -0.3 is 4.90 Å². The van der Waals surface area contributed by atoms with E-state index in [0.29, 0.717) is 18.8 Å². The molecule has 2 rings (SSSR count). The molecule has 0 bridgehead atoms. The van der Waals surface area contributed by atoms with Crippen molar-refractivity contribution in [3.63, 3.8) is 0 Å². The first-order valence-electron chi connectivity index (χ1n) is 5.94. The minimum Gasteiger partial charge on any atom is -0.367 e. The number of nitrogens with zero attached hydrogens (tertiary/aromatic N) is 2. The van der Waals surface area contributed by atoms with Gasteiger partial charge in [-0.05, 0) is 31.5 Å². The van der Waals surface area contributed by atoms with Crippen molar-refractivity contribution in [1.29, 1.82) is 5.26 Å². The van der Waals surface area contributed by atoms with Crippen LogP contribution < -0.4 is 4.90 Å². The molecule has 0 aliphatic carbocycles. The van der Waals surface area contributed by atoms with E-state index in [2.05, 4.69) is 0 Å². The van der Waals surface area contributed by atoms with Crippen molar-refractivity contribution in [2.75, 3.05) is 18.0 Å². The zero-order chi connectivity index (χ0) is 14.0. The third-order valence-corrected chi connectivity index (χ3v) is 3.23. The Balaban J connectivity index is 2.37. The highest BCUT2D eigenvalue weighted by Crippen LogP contribution is 2.34. The molecule has 100 valence electrons. The zero-order valence-corrected chi connectivity index (χ0v) is 10.5. The number of hydrogen-bond acceptors (Lipinski definition) is 2. The molecule has 0 saturated carbocycles. The molecule has 0 amide bonds. The monoisotopic (exact) mass is 266 g/mol. The van der Waals surface area contributed by atoms with Crippen LogP contribution in [0, 0.1) is 11.3 Å². The highest BCUT2D eigenvalue weighted by molar-refractivity contribution is 5.55.